The van der Waals surface area contributed by atoms with Gasteiger partial charge in [-0.1, -0.05) is 85.4 Å². The Balaban J connectivity index is 1.44. The molecule has 0 fully saturated rings. The number of nitrogens with one attached hydrogen (secondary N) is 1. The molecule has 206 valence electrons. The highest BCUT2D eigenvalue weighted by Crippen LogP contribution is 2.40. The van der Waals surface area contributed by atoms with Crippen molar-refractivity contribution in [2.24, 2.45) is 0 Å². The van der Waals surface area contributed by atoms with Gasteiger partial charge in [0.2, 0.25) is 11.1 Å². The number of fused-ring (bicyclic) bond motifs is 1. The van der Waals surface area contributed by atoms with E-state index in [1.54, 1.807) is 11.8 Å². The van der Waals surface area contributed by atoms with Crippen LogP contribution in [0.15, 0.2) is 95.3 Å². The first-order valence-corrected chi connectivity index (χ1v) is 14.2. The fraction of sp³-hybridized carbons (Fsp3) is 0.258. The van der Waals surface area contributed by atoms with E-state index in [2.05, 4.69) is 22.4 Å². The van der Waals surface area contributed by atoms with E-state index in [1.165, 1.54) is 17.3 Å². The molecule has 0 amide bonds. The van der Waals surface area contributed by atoms with Crippen LogP contribution in [0.2, 0.25) is 0 Å². The lowest BCUT2D eigenvalue weighted by molar-refractivity contribution is -0.140. The summed E-state index contributed by atoms with van der Waals surface area (Å²) in [7, 11) is 1.61. The number of hydrogen-bond acceptors (Lipinski definition) is 8. The number of benzene rings is 3. The van der Waals surface area contributed by atoms with Crippen LogP contribution in [0.25, 0.3) is 0 Å². The van der Waals surface area contributed by atoms with Crippen molar-refractivity contribution in [3.63, 3.8) is 0 Å². The zero-order valence-electron chi connectivity index (χ0n) is 22.8. The molecule has 0 saturated heterocycles. The highest BCUT2D eigenvalue weighted by Gasteiger charge is 2.35. The molecule has 4 aromatic rings. The van der Waals surface area contributed by atoms with E-state index in [-0.39, 0.29) is 6.61 Å². The van der Waals surface area contributed by atoms with E-state index >= 15 is 0 Å². The quantitative estimate of drug-likeness (QED) is 0.176. The maximum atomic E-state index is 13.6. The van der Waals surface area contributed by atoms with Gasteiger partial charge in [0.05, 0.1) is 19.3 Å². The summed E-state index contributed by atoms with van der Waals surface area (Å²) in [5.41, 5.74) is 4.04. The average molecular weight is 557 g/mol. The van der Waals surface area contributed by atoms with Gasteiger partial charge in [0.15, 0.2) is 11.5 Å². The van der Waals surface area contributed by atoms with Crippen LogP contribution in [0.5, 0.6) is 11.5 Å². The molecule has 0 saturated carbocycles. The maximum Gasteiger partial charge on any atom is 0.338 e. The van der Waals surface area contributed by atoms with Gasteiger partial charge >= 0.3 is 5.97 Å². The Kier molecular flexibility index (Phi) is 8.71. The number of methoxy groups -OCH3 is 1. The van der Waals surface area contributed by atoms with Gasteiger partial charge in [0.1, 0.15) is 12.6 Å². The molecule has 1 N–H and O–H groups in total. The summed E-state index contributed by atoms with van der Waals surface area (Å²) < 4.78 is 19.3. The first-order chi connectivity index (χ1) is 19.6. The number of carbonyl (C=O) groups is 1. The van der Waals surface area contributed by atoms with E-state index in [0.717, 1.165) is 23.3 Å². The van der Waals surface area contributed by atoms with Gasteiger partial charge in [-0.25, -0.2) is 9.48 Å². The van der Waals surface area contributed by atoms with Crippen LogP contribution >= 0.6 is 11.8 Å². The number of hydrogen-bond donors (Lipinski definition) is 1. The number of esters is 1. The lowest BCUT2D eigenvalue weighted by atomic mass is 9.95. The van der Waals surface area contributed by atoms with Crippen molar-refractivity contribution in [2.45, 2.75) is 38.1 Å². The molecule has 40 heavy (non-hydrogen) atoms. The summed E-state index contributed by atoms with van der Waals surface area (Å²) in [6.07, 6.45) is 0.777. The molecule has 3 aromatic carbocycles. The molecule has 1 unspecified atom stereocenters. The minimum Gasteiger partial charge on any atom is -0.493 e. The zero-order valence-corrected chi connectivity index (χ0v) is 23.6. The van der Waals surface area contributed by atoms with Gasteiger partial charge in [-0.05, 0) is 41.5 Å². The molecule has 0 aliphatic carbocycles. The van der Waals surface area contributed by atoms with Crippen molar-refractivity contribution in [3.8, 4) is 11.5 Å². The van der Waals surface area contributed by atoms with Gasteiger partial charge in [0, 0.05) is 12.1 Å². The second-order valence-electron chi connectivity index (χ2n) is 9.22. The van der Waals surface area contributed by atoms with Crippen LogP contribution in [0.3, 0.4) is 0 Å². The number of ether oxygens (including phenoxy) is 3. The van der Waals surface area contributed by atoms with E-state index in [0.29, 0.717) is 40.5 Å². The van der Waals surface area contributed by atoms with Gasteiger partial charge < -0.3 is 19.5 Å². The van der Waals surface area contributed by atoms with Crippen molar-refractivity contribution in [1.29, 1.82) is 0 Å². The lowest BCUT2D eigenvalue weighted by Crippen LogP contribution is -2.29. The third-order valence-electron chi connectivity index (χ3n) is 6.53. The van der Waals surface area contributed by atoms with Gasteiger partial charge in [0.25, 0.3) is 0 Å². The molecule has 1 aliphatic rings. The highest BCUT2D eigenvalue weighted by atomic mass is 32.2. The summed E-state index contributed by atoms with van der Waals surface area (Å²) in [6, 6.07) is 25.0. The summed E-state index contributed by atoms with van der Waals surface area (Å²) in [6.45, 7) is 4.58. The average Bonchev–Trinajstić information content (AvgIpc) is 3.38. The molecule has 0 bridgehead atoms. The molecule has 1 aliphatic heterocycles. The third kappa shape index (κ3) is 6.15. The SMILES string of the molecule is CCSc1nc2n(n1)C(c1ccc(OCCc3ccccc3)c(OC)c1)C(C(=O)OCc1ccccc1)=C(C)N2. The summed E-state index contributed by atoms with van der Waals surface area (Å²) in [5.74, 6) is 2.18. The minimum absolute atomic E-state index is 0.168. The first-order valence-electron chi connectivity index (χ1n) is 13.2. The summed E-state index contributed by atoms with van der Waals surface area (Å²) >= 11 is 1.54. The summed E-state index contributed by atoms with van der Waals surface area (Å²) in [4.78, 5) is 18.2. The molecule has 1 aromatic heterocycles. The largest absolute Gasteiger partial charge is 0.493 e. The molecular formula is C31H32N4O4S. The van der Waals surface area contributed by atoms with Crippen molar-refractivity contribution < 1.29 is 19.0 Å². The van der Waals surface area contributed by atoms with Crippen LogP contribution < -0.4 is 14.8 Å². The number of nitrogens with zero attached hydrogens (tertiary/aromatic N) is 3. The predicted octanol–water partition coefficient (Wildman–Crippen LogP) is 6.05. The Bertz CT molecular complexity index is 1490. The van der Waals surface area contributed by atoms with Crippen LogP contribution in [-0.2, 0) is 22.6 Å². The van der Waals surface area contributed by atoms with Crippen LogP contribution in [0.1, 0.15) is 36.6 Å². The molecule has 9 heteroatoms. The van der Waals surface area contributed by atoms with Crippen LogP contribution in [-0.4, -0.2) is 40.2 Å². The number of thioether (sulfide) groups is 1. The van der Waals surface area contributed by atoms with E-state index in [9.17, 15) is 4.79 Å². The molecule has 8 nitrogen and oxygen atoms in total. The predicted molar refractivity (Wildman–Crippen MR) is 156 cm³/mol. The van der Waals surface area contributed by atoms with Crippen molar-refractivity contribution in [2.75, 3.05) is 24.8 Å². The second-order valence-corrected chi connectivity index (χ2v) is 10.4. The standard InChI is InChI=1S/C31H32N4O4S/c1-4-40-31-33-30-32-21(2)27(29(36)39-20-23-13-9-6-10-14-23)28(35(30)34-31)24-15-16-25(26(19-24)37-3)38-18-17-22-11-7-5-8-12-22/h5-16,19,28H,4,17-18,20H2,1-3H3,(H,32,33,34). The topological polar surface area (TPSA) is 87.5 Å². The third-order valence-corrected chi connectivity index (χ3v) is 7.25. The number of anilines is 1. The molecule has 0 spiro atoms. The van der Waals surface area contributed by atoms with Crippen LogP contribution in [0.4, 0.5) is 5.95 Å². The van der Waals surface area contributed by atoms with Crippen molar-refractivity contribution in [1.82, 2.24) is 14.8 Å². The van der Waals surface area contributed by atoms with Crippen molar-refractivity contribution in [3.05, 3.63) is 107 Å². The Hall–Kier alpha value is -4.24. The Morgan fingerprint density at radius 1 is 1.00 bits per heavy atom. The van der Waals surface area contributed by atoms with E-state index in [1.807, 2.05) is 80.6 Å². The number of rotatable bonds is 11. The monoisotopic (exact) mass is 556 g/mol. The number of aromatic nitrogens is 3. The molecule has 0 radical (unpaired) electrons. The molecular weight excluding hydrogens is 524 g/mol. The smallest absolute Gasteiger partial charge is 0.338 e. The Labute approximate surface area is 238 Å². The fourth-order valence-corrected chi connectivity index (χ4v) is 5.15. The molecule has 5 rings (SSSR count). The van der Waals surface area contributed by atoms with Crippen LogP contribution in [0, 0.1) is 0 Å². The Morgan fingerprint density at radius 2 is 1.73 bits per heavy atom. The maximum absolute atomic E-state index is 13.6. The van der Waals surface area contributed by atoms with Gasteiger partial charge in [-0.3, -0.25) is 0 Å². The lowest BCUT2D eigenvalue weighted by Gasteiger charge is -2.28. The number of allylic oxidation sites excluding steroid dienone is 1. The zero-order chi connectivity index (χ0) is 27.9. The van der Waals surface area contributed by atoms with Gasteiger partial charge in [-0.15, -0.1) is 5.10 Å². The second kappa shape index (κ2) is 12.7. The highest BCUT2D eigenvalue weighted by molar-refractivity contribution is 7.99. The van der Waals surface area contributed by atoms with E-state index in [4.69, 9.17) is 19.3 Å². The van der Waals surface area contributed by atoms with Gasteiger partial charge in [-0.2, -0.15) is 4.98 Å². The first kappa shape index (κ1) is 27.3. The Morgan fingerprint density at radius 3 is 2.42 bits per heavy atom. The molecule has 1 atom stereocenters. The number of carbonyl (C=O) groups excluding carboxylic acids is 1. The normalized spacial score (nSPS) is 14.3. The minimum atomic E-state index is -0.564. The van der Waals surface area contributed by atoms with Crippen molar-refractivity contribution >= 4 is 23.7 Å². The van der Waals surface area contributed by atoms with E-state index < -0.39 is 12.0 Å². The summed E-state index contributed by atoms with van der Waals surface area (Å²) in [5, 5.41) is 8.62. The molecule has 2 heterocycles. The fourth-order valence-electron chi connectivity index (χ4n) is 4.59.